The summed E-state index contributed by atoms with van der Waals surface area (Å²) in [5, 5.41) is 0. The molecule has 2 aromatic rings. The first-order valence-corrected chi connectivity index (χ1v) is 8.83. The Labute approximate surface area is 156 Å². The number of carbonyl (C=O) groups is 1. The van der Waals surface area contributed by atoms with Crippen molar-refractivity contribution in [2.24, 2.45) is 0 Å². The lowest BCUT2D eigenvalue weighted by molar-refractivity contribution is -0.113. The van der Waals surface area contributed by atoms with Crippen LogP contribution in [0, 0.1) is 6.92 Å². The lowest BCUT2D eigenvalue weighted by Gasteiger charge is -2.18. The second-order valence-electron chi connectivity index (χ2n) is 5.41. The van der Waals surface area contributed by atoms with Crippen LogP contribution in [0.2, 0.25) is 0 Å². The van der Waals surface area contributed by atoms with Gasteiger partial charge in [0.1, 0.15) is 11.5 Å². The van der Waals surface area contributed by atoms with Gasteiger partial charge in [-0.2, -0.15) is 0 Å². The maximum atomic E-state index is 12.9. The summed E-state index contributed by atoms with van der Waals surface area (Å²) in [4.78, 5) is 15.0. The zero-order valence-electron chi connectivity index (χ0n) is 14.1. The van der Waals surface area contributed by atoms with Crippen molar-refractivity contribution in [2.45, 2.75) is 6.92 Å². The van der Waals surface area contributed by atoms with Gasteiger partial charge in [0, 0.05) is 6.07 Å². The lowest BCUT2D eigenvalue weighted by Crippen LogP contribution is -2.27. The molecular weight excluding hydrogens is 354 g/mol. The molecule has 3 rings (SSSR count). The van der Waals surface area contributed by atoms with Crippen LogP contribution in [0.25, 0.3) is 6.08 Å². The number of hydrogen-bond acceptors (Lipinski definition) is 5. The van der Waals surface area contributed by atoms with Crippen molar-refractivity contribution in [3.63, 3.8) is 0 Å². The largest absolute Gasteiger partial charge is 0.497 e. The molecule has 0 radical (unpaired) electrons. The molecule has 0 unspecified atom stereocenters. The van der Waals surface area contributed by atoms with E-state index in [-0.39, 0.29) is 5.91 Å². The van der Waals surface area contributed by atoms with Crippen LogP contribution in [0.4, 0.5) is 5.69 Å². The number of thiocarbonyl (C=S) groups is 1. The number of amides is 1. The maximum Gasteiger partial charge on any atom is 0.270 e. The third kappa shape index (κ3) is 3.41. The number of rotatable bonds is 4. The Bertz CT molecular complexity index is 877. The van der Waals surface area contributed by atoms with Crippen LogP contribution in [0.5, 0.6) is 11.5 Å². The molecule has 1 aliphatic rings. The number of ether oxygens (including phenoxy) is 2. The summed E-state index contributed by atoms with van der Waals surface area (Å²) in [6.45, 7) is 2.01. The zero-order chi connectivity index (χ0) is 18.0. The van der Waals surface area contributed by atoms with Crippen molar-refractivity contribution in [3.8, 4) is 11.5 Å². The number of anilines is 1. The summed E-state index contributed by atoms with van der Waals surface area (Å²) in [6, 6.07) is 13.2. The highest BCUT2D eigenvalue weighted by atomic mass is 32.2. The van der Waals surface area contributed by atoms with Gasteiger partial charge < -0.3 is 9.47 Å². The van der Waals surface area contributed by atoms with Crippen molar-refractivity contribution in [3.05, 3.63) is 58.5 Å². The number of thioether (sulfide) groups is 1. The van der Waals surface area contributed by atoms with Gasteiger partial charge in [-0.15, -0.1) is 0 Å². The second-order valence-corrected chi connectivity index (χ2v) is 7.09. The van der Waals surface area contributed by atoms with E-state index in [9.17, 15) is 4.79 Å². The average Bonchev–Trinajstić information content (AvgIpc) is 2.90. The van der Waals surface area contributed by atoms with Gasteiger partial charge in [-0.1, -0.05) is 48.2 Å². The summed E-state index contributed by atoms with van der Waals surface area (Å²) in [5.41, 5.74) is 2.72. The fraction of sp³-hybridized carbons (Fsp3) is 0.158. The van der Waals surface area contributed by atoms with Crippen molar-refractivity contribution in [1.82, 2.24) is 0 Å². The highest BCUT2D eigenvalue weighted by molar-refractivity contribution is 8.27. The normalized spacial score (nSPS) is 15.8. The standard InChI is InChI=1S/C19H17NO3S2/c1-12-6-4-5-7-13(12)10-17-18(21)20(19(24)25-17)15-9-8-14(22-2)11-16(15)23-3/h4-11H,1-3H3/b17-10-. The average molecular weight is 371 g/mol. The van der Waals surface area contributed by atoms with E-state index in [2.05, 4.69) is 0 Å². The van der Waals surface area contributed by atoms with Crippen LogP contribution in [0.3, 0.4) is 0 Å². The Balaban J connectivity index is 1.99. The molecule has 1 amide bonds. The van der Waals surface area contributed by atoms with Gasteiger partial charge in [0.15, 0.2) is 4.32 Å². The van der Waals surface area contributed by atoms with Crippen LogP contribution in [-0.2, 0) is 4.79 Å². The predicted octanol–water partition coefficient (Wildman–Crippen LogP) is 4.42. The highest BCUT2D eigenvalue weighted by Gasteiger charge is 2.35. The Morgan fingerprint density at radius 2 is 1.88 bits per heavy atom. The Morgan fingerprint density at radius 3 is 2.56 bits per heavy atom. The minimum Gasteiger partial charge on any atom is -0.497 e. The summed E-state index contributed by atoms with van der Waals surface area (Å²) < 4.78 is 11.1. The van der Waals surface area contributed by atoms with E-state index < -0.39 is 0 Å². The van der Waals surface area contributed by atoms with Crippen LogP contribution in [-0.4, -0.2) is 24.4 Å². The number of nitrogens with zero attached hydrogens (tertiary/aromatic N) is 1. The minimum absolute atomic E-state index is 0.151. The number of carbonyl (C=O) groups excluding carboxylic acids is 1. The third-order valence-corrected chi connectivity index (χ3v) is 5.20. The quantitative estimate of drug-likeness (QED) is 0.588. The molecule has 1 aliphatic heterocycles. The van der Waals surface area contributed by atoms with Crippen molar-refractivity contribution >= 4 is 46.0 Å². The number of benzene rings is 2. The second kappa shape index (κ2) is 7.29. The summed E-state index contributed by atoms with van der Waals surface area (Å²) >= 11 is 6.73. The van der Waals surface area contributed by atoms with E-state index in [0.717, 1.165) is 11.1 Å². The van der Waals surface area contributed by atoms with Gasteiger partial charge in [-0.05, 0) is 36.3 Å². The molecule has 0 N–H and O–H groups in total. The van der Waals surface area contributed by atoms with Crippen LogP contribution in [0.1, 0.15) is 11.1 Å². The molecule has 0 aromatic heterocycles. The molecule has 1 fully saturated rings. The van der Waals surface area contributed by atoms with Gasteiger partial charge in [-0.25, -0.2) is 0 Å². The van der Waals surface area contributed by atoms with Gasteiger partial charge in [-0.3, -0.25) is 9.69 Å². The van der Waals surface area contributed by atoms with E-state index in [1.54, 1.807) is 32.4 Å². The maximum absolute atomic E-state index is 12.9. The Hall–Kier alpha value is -2.31. The van der Waals surface area contributed by atoms with E-state index >= 15 is 0 Å². The molecule has 0 saturated carbocycles. The molecule has 0 spiro atoms. The molecule has 4 nitrogen and oxygen atoms in total. The first kappa shape index (κ1) is 17.5. The molecule has 6 heteroatoms. The van der Waals surface area contributed by atoms with Gasteiger partial charge >= 0.3 is 0 Å². The predicted molar refractivity (Wildman–Crippen MR) is 106 cm³/mol. The number of aryl methyl sites for hydroxylation is 1. The fourth-order valence-electron chi connectivity index (χ4n) is 2.54. The van der Waals surface area contributed by atoms with Crippen LogP contribution in [0.15, 0.2) is 47.4 Å². The zero-order valence-corrected chi connectivity index (χ0v) is 15.7. The van der Waals surface area contributed by atoms with Crippen molar-refractivity contribution in [2.75, 3.05) is 19.1 Å². The molecule has 1 heterocycles. The van der Waals surface area contributed by atoms with E-state index in [4.69, 9.17) is 21.7 Å². The summed E-state index contributed by atoms with van der Waals surface area (Å²) in [6.07, 6.45) is 1.88. The SMILES string of the molecule is COc1ccc(N2C(=O)/C(=C/c3ccccc3C)SC2=S)c(OC)c1. The minimum atomic E-state index is -0.151. The van der Waals surface area contributed by atoms with Gasteiger partial charge in [0.25, 0.3) is 5.91 Å². The lowest BCUT2D eigenvalue weighted by atomic mass is 10.1. The molecular formula is C19H17NO3S2. The van der Waals surface area contributed by atoms with E-state index in [1.165, 1.54) is 16.7 Å². The van der Waals surface area contributed by atoms with Crippen LogP contribution < -0.4 is 14.4 Å². The Kier molecular flexibility index (Phi) is 5.11. The number of methoxy groups -OCH3 is 2. The smallest absolute Gasteiger partial charge is 0.270 e. The molecule has 0 aliphatic carbocycles. The summed E-state index contributed by atoms with van der Waals surface area (Å²) in [5.74, 6) is 1.04. The number of hydrogen-bond donors (Lipinski definition) is 0. The van der Waals surface area contributed by atoms with Crippen molar-refractivity contribution < 1.29 is 14.3 Å². The highest BCUT2D eigenvalue weighted by Crippen LogP contribution is 2.41. The Morgan fingerprint density at radius 1 is 1.12 bits per heavy atom. The van der Waals surface area contributed by atoms with E-state index in [0.29, 0.717) is 26.4 Å². The van der Waals surface area contributed by atoms with Crippen LogP contribution >= 0.6 is 24.0 Å². The molecule has 0 atom stereocenters. The third-order valence-electron chi connectivity index (χ3n) is 3.90. The molecule has 128 valence electrons. The molecule has 0 bridgehead atoms. The fourth-order valence-corrected chi connectivity index (χ4v) is 3.81. The molecule has 1 saturated heterocycles. The van der Waals surface area contributed by atoms with Gasteiger partial charge in [0.2, 0.25) is 0 Å². The monoisotopic (exact) mass is 371 g/mol. The first-order valence-electron chi connectivity index (χ1n) is 7.60. The van der Waals surface area contributed by atoms with E-state index in [1.807, 2.05) is 37.3 Å². The molecule has 2 aromatic carbocycles. The van der Waals surface area contributed by atoms with Gasteiger partial charge in [0.05, 0.1) is 24.8 Å². The topological polar surface area (TPSA) is 38.8 Å². The first-order chi connectivity index (χ1) is 12.0. The van der Waals surface area contributed by atoms with Crippen molar-refractivity contribution in [1.29, 1.82) is 0 Å². The summed E-state index contributed by atoms with van der Waals surface area (Å²) in [7, 11) is 3.14. The molecule has 25 heavy (non-hydrogen) atoms.